The molecule has 3 aromatic rings. The zero-order chi connectivity index (χ0) is 20.8. The van der Waals surface area contributed by atoms with Gasteiger partial charge in [-0.2, -0.15) is 0 Å². The number of para-hydroxylation sites is 1. The number of sulfone groups is 1. The van der Waals surface area contributed by atoms with E-state index < -0.39 is 15.6 Å². The molecule has 0 unspecified atom stereocenters. The van der Waals surface area contributed by atoms with Crippen LogP contribution in [-0.4, -0.2) is 14.2 Å². The molecule has 0 aliphatic carbocycles. The third-order valence-corrected chi connectivity index (χ3v) is 6.87. The third-order valence-electron chi connectivity index (χ3n) is 5.08. The lowest BCUT2D eigenvalue weighted by Gasteiger charge is -2.29. The van der Waals surface area contributed by atoms with Crippen molar-refractivity contribution in [1.82, 2.24) is 0 Å². The van der Waals surface area contributed by atoms with E-state index in [2.05, 4.69) is 0 Å². The van der Waals surface area contributed by atoms with Crippen LogP contribution in [0.2, 0.25) is 0 Å². The van der Waals surface area contributed by atoms with Crippen molar-refractivity contribution in [3.8, 4) is 0 Å². The van der Waals surface area contributed by atoms with Gasteiger partial charge in [0, 0.05) is 17.5 Å². The number of carbonyl (C=O) groups is 1. The van der Waals surface area contributed by atoms with Gasteiger partial charge in [-0.3, -0.25) is 4.79 Å². The molecule has 1 heterocycles. The number of anilines is 2. The summed E-state index contributed by atoms with van der Waals surface area (Å²) < 4.78 is 26.7. The Hall–Kier alpha value is -3.18. The smallest absolute Gasteiger partial charge is 0.214 e. The van der Waals surface area contributed by atoms with E-state index in [4.69, 9.17) is 0 Å². The van der Waals surface area contributed by atoms with E-state index in [1.807, 2.05) is 57.2 Å². The summed E-state index contributed by atoms with van der Waals surface area (Å²) in [5, 5.41) is 0. The zero-order valence-electron chi connectivity index (χ0n) is 16.5. The van der Waals surface area contributed by atoms with Gasteiger partial charge in [0.25, 0.3) is 0 Å². The van der Waals surface area contributed by atoms with Crippen LogP contribution < -0.4 is 4.90 Å². The predicted molar refractivity (Wildman–Crippen MR) is 115 cm³/mol. The molecule has 0 amide bonds. The highest BCUT2D eigenvalue weighted by Gasteiger charge is 2.36. The lowest BCUT2D eigenvalue weighted by Crippen LogP contribution is -2.26. The summed E-state index contributed by atoms with van der Waals surface area (Å²) in [4.78, 5) is 15.0. The Morgan fingerprint density at radius 1 is 0.828 bits per heavy atom. The fourth-order valence-corrected chi connectivity index (χ4v) is 5.17. The molecule has 0 N–H and O–H groups in total. The first kappa shape index (κ1) is 19.2. The molecule has 1 aliphatic rings. The minimum absolute atomic E-state index is 0.136. The van der Waals surface area contributed by atoms with Crippen LogP contribution >= 0.6 is 0 Å². The van der Waals surface area contributed by atoms with Crippen molar-refractivity contribution in [2.24, 2.45) is 0 Å². The first-order valence-electron chi connectivity index (χ1n) is 9.33. The number of allylic oxidation sites excluding steroid dienone is 1. The van der Waals surface area contributed by atoms with Crippen LogP contribution in [0.5, 0.6) is 0 Å². The van der Waals surface area contributed by atoms with Crippen LogP contribution in [-0.2, 0) is 9.84 Å². The normalized spacial score (nSPS) is 14.9. The van der Waals surface area contributed by atoms with Gasteiger partial charge in [-0.15, -0.1) is 0 Å². The summed E-state index contributed by atoms with van der Waals surface area (Å²) in [6.07, 6.45) is 1.45. The van der Waals surface area contributed by atoms with Crippen LogP contribution in [0.4, 0.5) is 11.4 Å². The quantitative estimate of drug-likeness (QED) is 0.560. The van der Waals surface area contributed by atoms with Gasteiger partial charge in [-0.25, -0.2) is 8.42 Å². The van der Waals surface area contributed by atoms with Gasteiger partial charge >= 0.3 is 0 Å². The molecule has 1 aliphatic heterocycles. The summed E-state index contributed by atoms with van der Waals surface area (Å²) in [7, 11) is -3.94. The summed E-state index contributed by atoms with van der Waals surface area (Å²) >= 11 is 0. The average molecular weight is 404 g/mol. The van der Waals surface area contributed by atoms with E-state index in [0.717, 1.165) is 22.4 Å². The largest absolute Gasteiger partial charge is 0.314 e. The number of Topliss-reactive ketones (excluding diaryl/α,β-unsaturated/α-hetero) is 1. The van der Waals surface area contributed by atoms with Crippen LogP contribution in [0.3, 0.4) is 0 Å². The third kappa shape index (κ3) is 3.28. The van der Waals surface area contributed by atoms with Crippen molar-refractivity contribution < 1.29 is 13.2 Å². The maximum atomic E-state index is 13.3. The van der Waals surface area contributed by atoms with Crippen LogP contribution in [0.1, 0.15) is 27.0 Å². The Morgan fingerprint density at radius 2 is 1.55 bits per heavy atom. The molecule has 0 saturated heterocycles. The maximum absolute atomic E-state index is 13.3. The topological polar surface area (TPSA) is 54.5 Å². The molecule has 0 atom stereocenters. The van der Waals surface area contributed by atoms with Gasteiger partial charge < -0.3 is 4.90 Å². The summed E-state index contributed by atoms with van der Waals surface area (Å²) in [6.45, 7) is 5.73. The van der Waals surface area contributed by atoms with Crippen LogP contribution in [0, 0.1) is 20.8 Å². The minimum Gasteiger partial charge on any atom is -0.314 e. The van der Waals surface area contributed by atoms with Crippen molar-refractivity contribution in [3.63, 3.8) is 0 Å². The lowest BCUT2D eigenvalue weighted by molar-refractivity contribution is 0.104. The Kier molecular flexibility index (Phi) is 4.63. The molecule has 0 radical (unpaired) electrons. The molecule has 0 aromatic heterocycles. The second kappa shape index (κ2) is 7.01. The van der Waals surface area contributed by atoms with Gasteiger partial charge in [0.15, 0.2) is 0 Å². The fraction of sp³-hybridized carbons (Fsp3) is 0.125. The van der Waals surface area contributed by atoms with E-state index in [1.54, 1.807) is 35.2 Å². The SMILES string of the molecule is Cc1cccc(N2C=C(C(=O)c3ccc(C)cc3C)S(=O)(=O)c3ccccc32)c1. The summed E-state index contributed by atoms with van der Waals surface area (Å²) in [6, 6.07) is 19.9. The molecule has 0 bridgehead atoms. The maximum Gasteiger partial charge on any atom is 0.214 e. The Balaban J connectivity index is 1.94. The van der Waals surface area contributed by atoms with Crippen LogP contribution in [0.15, 0.2) is 82.7 Å². The van der Waals surface area contributed by atoms with Crippen LogP contribution in [0.25, 0.3) is 0 Å². The van der Waals surface area contributed by atoms with E-state index >= 15 is 0 Å². The summed E-state index contributed by atoms with van der Waals surface area (Å²) in [5.74, 6) is -0.491. The number of fused-ring (bicyclic) bond motifs is 1. The Labute approximate surface area is 171 Å². The minimum atomic E-state index is -3.94. The average Bonchev–Trinajstić information content (AvgIpc) is 2.68. The molecule has 4 nitrogen and oxygen atoms in total. The number of benzene rings is 3. The molecule has 0 saturated carbocycles. The highest BCUT2D eigenvalue weighted by molar-refractivity contribution is 7.96. The molecule has 0 spiro atoms. The summed E-state index contributed by atoms with van der Waals surface area (Å²) in [5.41, 5.74) is 4.56. The highest BCUT2D eigenvalue weighted by Crippen LogP contribution is 2.40. The number of nitrogens with zero attached hydrogens (tertiary/aromatic N) is 1. The van der Waals surface area contributed by atoms with Crippen molar-refractivity contribution in [2.45, 2.75) is 25.7 Å². The number of hydrogen-bond acceptors (Lipinski definition) is 4. The Bertz CT molecular complexity index is 1270. The van der Waals surface area contributed by atoms with Crippen molar-refractivity contribution in [2.75, 3.05) is 4.90 Å². The van der Waals surface area contributed by atoms with E-state index in [-0.39, 0.29) is 9.80 Å². The van der Waals surface area contributed by atoms with Crippen molar-refractivity contribution >= 4 is 27.0 Å². The zero-order valence-corrected chi connectivity index (χ0v) is 17.3. The van der Waals surface area contributed by atoms with Crippen molar-refractivity contribution in [1.29, 1.82) is 0 Å². The van der Waals surface area contributed by atoms with Gasteiger partial charge in [-0.1, -0.05) is 48.0 Å². The molecule has 3 aromatic carbocycles. The molecule has 146 valence electrons. The lowest BCUT2D eigenvalue weighted by atomic mass is 10.0. The second-order valence-corrected chi connectivity index (χ2v) is 9.21. The van der Waals surface area contributed by atoms with Crippen molar-refractivity contribution in [3.05, 3.63) is 100 Å². The van der Waals surface area contributed by atoms with E-state index in [9.17, 15) is 13.2 Å². The van der Waals surface area contributed by atoms with Gasteiger partial charge in [0.1, 0.15) is 4.91 Å². The first-order valence-corrected chi connectivity index (χ1v) is 10.8. The monoisotopic (exact) mass is 403 g/mol. The molecular weight excluding hydrogens is 382 g/mol. The number of rotatable bonds is 3. The number of carbonyl (C=O) groups excluding carboxylic acids is 1. The molecular formula is C24H21NO3S. The Morgan fingerprint density at radius 3 is 2.28 bits per heavy atom. The first-order chi connectivity index (χ1) is 13.8. The number of hydrogen-bond donors (Lipinski definition) is 0. The molecule has 0 fully saturated rings. The fourth-order valence-electron chi connectivity index (χ4n) is 3.63. The number of aryl methyl sites for hydroxylation is 3. The molecule has 29 heavy (non-hydrogen) atoms. The van der Waals surface area contributed by atoms with Gasteiger partial charge in [-0.05, 0) is 56.2 Å². The standard InChI is InChI=1S/C24H21NO3S/c1-16-7-6-8-19(14-16)25-15-23(24(26)20-12-11-17(2)13-18(20)3)29(27,28)22-10-5-4-9-21(22)25/h4-15H,1-3H3. The van der Waals surface area contributed by atoms with Gasteiger partial charge in [0.2, 0.25) is 15.6 Å². The van der Waals surface area contributed by atoms with Gasteiger partial charge in [0.05, 0.1) is 10.6 Å². The molecule has 5 heteroatoms. The second-order valence-electron chi connectivity index (χ2n) is 7.32. The highest BCUT2D eigenvalue weighted by atomic mass is 32.2. The van der Waals surface area contributed by atoms with E-state index in [0.29, 0.717) is 11.3 Å². The predicted octanol–water partition coefficient (Wildman–Crippen LogP) is 5.26. The molecule has 4 rings (SSSR count). The van der Waals surface area contributed by atoms with E-state index in [1.165, 1.54) is 6.20 Å². The number of ketones is 1.